The maximum absolute atomic E-state index is 14.6. The highest BCUT2D eigenvalue weighted by Gasteiger charge is 2.47. The summed E-state index contributed by atoms with van der Waals surface area (Å²) in [6.45, 7) is 0. The number of hydrogen-bond acceptors (Lipinski definition) is 5. The molecule has 4 rings (SSSR count). The van der Waals surface area contributed by atoms with Crippen molar-refractivity contribution < 1.29 is 17.2 Å². The lowest BCUT2D eigenvalue weighted by molar-refractivity contribution is 0.600. The molecule has 0 aromatic heterocycles. The summed E-state index contributed by atoms with van der Waals surface area (Å²) in [5, 5.41) is 0.508. The summed E-state index contributed by atoms with van der Waals surface area (Å²) in [4.78, 5) is 6.20. The van der Waals surface area contributed by atoms with Crippen molar-refractivity contribution in [1.82, 2.24) is 0 Å². The van der Waals surface area contributed by atoms with Gasteiger partial charge in [0, 0.05) is 14.7 Å². The average molecular weight is 552 g/mol. The molecule has 4 nitrogen and oxygen atoms in total. The van der Waals surface area contributed by atoms with Crippen LogP contribution >= 0.6 is 43.6 Å². The summed E-state index contributed by atoms with van der Waals surface area (Å²) in [6, 6.07) is 8.57. The fraction of sp³-hybridized carbons (Fsp3) is 0.278. The second-order valence-electron chi connectivity index (χ2n) is 6.61. The summed E-state index contributed by atoms with van der Waals surface area (Å²) in [7, 11) is -3.22. The van der Waals surface area contributed by atoms with E-state index in [1.807, 2.05) is 0 Å². The molecule has 2 aromatic rings. The Morgan fingerprint density at radius 1 is 1.07 bits per heavy atom. The van der Waals surface area contributed by atoms with Gasteiger partial charge in [0.05, 0.1) is 29.3 Å². The maximum atomic E-state index is 14.6. The van der Waals surface area contributed by atoms with Gasteiger partial charge in [-0.1, -0.05) is 49.7 Å². The third-order valence-electron chi connectivity index (χ3n) is 4.65. The van der Waals surface area contributed by atoms with Crippen molar-refractivity contribution >= 4 is 64.3 Å². The van der Waals surface area contributed by atoms with E-state index in [2.05, 4.69) is 36.9 Å². The predicted octanol–water partition coefficient (Wildman–Crippen LogP) is 4.76. The predicted molar refractivity (Wildman–Crippen MR) is 116 cm³/mol. The van der Waals surface area contributed by atoms with Crippen molar-refractivity contribution in [2.45, 2.75) is 17.8 Å². The summed E-state index contributed by atoms with van der Waals surface area (Å²) in [6.07, 6.45) is 0. The smallest absolute Gasteiger partial charge is 0.164 e. The lowest BCUT2D eigenvalue weighted by Gasteiger charge is -2.27. The van der Waals surface area contributed by atoms with Crippen LogP contribution in [0.5, 0.6) is 0 Å². The van der Waals surface area contributed by atoms with Crippen LogP contribution in [0.3, 0.4) is 0 Å². The molecule has 0 radical (unpaired) electrons. The molecule has 2 aliphatic heterocycles. The molecule has 2 heterocycles. The van der Waals surface area contributed by atoms with Crippen molar-refractivity contribution in [2.75, 3.05) is 16.4 Å². The SMILES string of the molecule is O=S1(=O)C[C@H]2N=C(SCc3ccc(Br)cc3F)N(c3ccc(Br)cc3F)[C@H]2C1. The summed E-state index contributed by atoms with van der Waals surface area (Å²) in [5.41, 5.74) is 0.770. The van der Waals surface area contributed by atoms with Gasteiger partial charge in [-0.3, -0.25) is 4.99 Å². The highest BCUT2D eigenvalue weighted by Crippen LogP contribution is 2.37. The Bertz CT molecular complexity index is 1080. The number of nitrogens with zero attached hydrogens (tertiary/aromatic N) is 2. The number of aliphatic imine (C=N–C) groups is 1. The quantitative estimate of drug-likeness (QED) is 0.551. The maximum Gasteiger partial charge on any atom is 0.164 e. The lowest BCUT2D eigenvalue weighted by atomic mass is 10.1. The second-order valence-corrected chi connectivity index (χ2v) is 11.5. The van der Waals surface area contributed by atoms with Gasteiger partial charge in [0.1, 0.15) is 11.6 Å². The van der Waals surface area contributed by atoms with E-state index < -0.39 is 27.7 Å². The highest BCUT2D eigenvalue weighted by atomic mass is 79.9. The Balaban J connectivity index is 1.65. The average Bonchev–Trinajstić information content (AvgIpc) is 3.06. The van der Waals surface area contributed by atoms with Crippen molar-refractivity contribution in [3.05, 3.63) is 62.5 Å². The largest absolute Gasteiger partial charge is 0.312 e. The molecule has 10 heteroatoms. The monoisotopic (exact) mass is 550 g/mol. The molecule has 0 N–H and O–H groups in total. The standard InChI is InChI=1S/C18H14Br2F2N2O2S2/c19-11-2-1-10(13(21)5-11)7-27-18-23-15-8-28(25,26)9-17(15)24(18)16-4-3-12(20)6-14(16)22/h1-6,15,17H,7-9H2/t15-,17+/m1/s1. The molecule has 148 valence electrons. The first kappa shape index (κ1) is 20.3. The van der Waals surface area contributed by atoms with Gasteiger partial charge in [-0.15, -0.1) is 0 Å². The van der Waals surface area contributed by atoms with Crippen LogP contribution in [0.15, 0.2) is 50.3 Å². The van der Waals surface area contributed by atoms with E-state index >= 15 is 0 Å². The number of halogens is 4. The first-order valence-electron chi connectivity index (χ1n) is 8.33. The minimum Gasteiger partial charge on any atom is -0.312 e. The van der Waals surface area contributed by atoms with Crippen molar-refractivity contribution in [3.8, 4) is 0 Å². The number of rotatable bonds is 3. The molecule has 28 heavy (non-hydrogen) atoms. The van der Waals surface area contributed by atoms with Gasteiger partial charge in [-0.05, 0) is 35.9 Å². The molecule has 2 atom stereocenters. The van der Waals surface area contributed by atoms with E-state index in [0.29, 0.717) is 25.4 Å². The van der Waals surface area contributed by atoms with Crippen LogP contribution in [0.25, 0.3) is 0 Å². The van der Waals surface area contributed by atoms with Gasteiger partial charge >= 0.3 is 0 Å². The van der Waals surface area contributed by atoms with E-state index in [4.69, 9.17) is 0 Å². The third kappa shape index (κ3) is 4.01. The number of anilines is 1. The molecule has 0 amide bonds. The zero-order valence-corrected chi connectivity index (χ0v) is 19.1. The first-order chi connectivity index (χ1) is 13.2. The Hall–Kier alpha value is -0.970. The molecular formula is C18H14Br2F2N2O2S2. The van der Waals surface area contributed by atoms with Crippen molar-refractivity contribution in [1.29, 1.82) is 0 Å². The molecule has 0 bridgehead atoms. The van der Waals surface area contributed by atoms with Crippen molar-refractivity contribution in [2.24, 2.45) is 4.99 Å². The summed E-state index contributed by atoms with van der Waals surface area (Å²) in [5.74, 6) is -0.637. The Kier molecular flexibility index (Phi) is 5.58. The van der Waals surface area contributed by atoms with Gasteiger partial charge in [-0.2, -0.15) is 0 Å². The molecule has 0 saturated carbocycles. The molecular weight excluding hydrogens is 538 g/mol. The van der Waals surface area contributed by atoms with Gasteiger partial charge in [-0.25, -0.2) is 17.2 Å². The molecule has 0 aliphatic carbocycles. The molecule has 0 unspecified atom stereocenters. The summed E-state index contributed by atoms with van der Waals surface area (Å²) < 4.78 is 54.2. The molecule has 1 fully saturated rings. The van der Waals surface area contributed by atoms with Gasteiger partial charge < -0.3 is 4.90 Å². The van der Waals surface area contributed by atoms with E-state index in [0.717, 1.165) is 0 Å². The van der Waals surface area contributed by atoms with Crippen LogP contribution in [0.2, 0.25) is 0 Å². The fourth-order valence-electron chi connectivity index (χ4n) is 3.37. The van der Waals surface area contributed by atoms with Crippen LogP contribution in [0.1, 0.15) is 5.56 Å². The summed E-state index contributed by atoms with van der Waals surface area (Å²) >= 11 is 7.74. The number of thioether (sulfide) groups is 1. The Labute approximate surface area is 182 Å². The Morgan fingerprint density at radius 3 is 2.43 bits per heavy atom. The fourth-order valence-corrected chi connectivity index (χ4v) is 6.98. The van der Waals surface area contributed by atoms with Gasteiger partial charge in [0.2, 0.25) is 0 Å². The van der Waals surface area contributed by atoms with E-state index in [1.54, 1.807) is 29.2 Å². The number of amidine groups is 1. The number of sulfone groups is 1. The van der Waals surface area contributed by atoms with E-state index in [9.17, 15) is 17.2 Å². The normalized spacial score (nSPS) is 23.0. The topological polar surface area (TPSA) is 49.7 Å². The van der Waals surface area contributed by atoms with Crippen LogP contribution < -0.4 is 4.90 Å². The first-order valence-corrected chi connectivity index (χ1v) is 12.7. The second kappa shape index (κ2) is 7.70. The molecule has 2 aliphatic rings. The van der Waals surface area contributed by atoms with Gasteiger partial charge in [0.25, 0.3) is 0 Å². The minimum absolute atomic E-state index is 0.0526. The number of fused-ring (bicyclic) bond motifs is 1. The zero-order valence-electron chi connectivity index (χ0n) is 14.3. The highest BCUT2D eigenvalue weighted by molar-refractivity contribution is 9.10. The third-order valence-corrected chi connectivity index (χ3v) is 8.35. The van der Waals surface area contributed by atoms with Crippen molar-refractivity contribution in [3.63, 3.8) is 0 Å². The van der Waals surface area contributed by atoms with E-state index in [1.165, 1.54) is 23.9 Å². The minimum atomic E-state index is -3.22. The Morgan fingerprint density at radius 2 is 1.75 bits per heavy atom. The van der Waals surface area contributed by atoms with Crippen LogP contribution in [-0.2, 0) is 15.6 Å². The zero-order chi connectivity index (χ0) is 20.1. The van der Waals surface area contributed by atoms with Crippen LogP contribution in [-0.4, -0.2) is 37.2 Å². The molecule has 0 spiro atoms. The number of hydrogen-bond donors (Lipinski definition) is 0. The molecule has 1 saturated heterocycles. The lowest BCUT2D eigenvalue weighted by Crippen LogP contribution is -2.39. The number of benzene rings is 2. The van der Waals surface area contributed by atoms with Crippen LogP contribution in [0.4, 0.5) is 14.5 Å². The molecule has 2 aromatic carbocycles. The van der Waals surface area contributed by atoms with Crippen LogP contribution in [0, 0.1) is 11.6 Å². The van der Waals surface area contributed by atoms with Gasteiger partial charge in [0.15, 0.2) is 15.0 Å². The van der Waals surface area contributed by atoms with E-state index in [-0.39, 0.29) is 23.0 Å².